The SMILES string of the molecule is O=C(O)CNC(=O)C(=Cc1cccc2ccccc12)NC(=O)c1ccccc1. The van der Waals surface area contributed by atoms with Crippen molar-refractivity contribution in [2.24, 2.45) is 0 Å². The van der Waals surface area contributed by atoms with Gasteiger partial charge in [0.1, 0.15) is 12.2 Å². The predicted octanol–water partition coefficient (Wildman–Crippen LogP) is 2.81. The molecule has 3 aromatic rings. The quantitative estimate of drug-likeness (QED) is 0.578. The van der Waals surface area contributed by atoms with E-state index in [2.05, 4.69) is 10.6 Å². The smallest absolute Gasteiger partial charge is 0.322 e. The van der Waals surface area contributed by atoms with Gasteiger partial charge in [-0.3, -0.25) is 14.4 Å². The van der Waals surface area contributed by atoms with Crippen LogP contribution in [-0.4, -0.2) is 29.4 Å². The molecule has 3 rings (SSSR count). The van der Waals surface area contributed by atoms with Gasteiger partial charge >= 0.3 is 5.97 Å². The normalized spacial score (nSPS) is 11.1. The Balaban J connectivity index is 1.97. The molecule has 140 valence electrons. The van der Waals surface area contributed by atoms with Crippen LogP contribution in [0.1, 0.15) is 15.9 Å². The van der Waals surface area contributed by atoms with E-state index in [1.165, 1.54) is 0 Å². The fourth-order valence-electron chi connectivity index (χ4n) is 2.73. The summed E-state index contributed by atoms with van der Waals surface area (Å²) in [6.45, 7) is -0.549. The molecule has 0 aromatic heterocycles. The average Bonchev–Trinajstić information content (AvgIpc) is 2.72. The highest BCUT2D eigenvalue weighted by molar-refractivity contribution is 6.07. The van der Waals surface area contributed by atoms with Crippen molar-refractivity contribution in [3.05, 3.63) is 89.6 Å². The zero-order valence-corrected chi connectivity index (χ0v) is 14.9. The van der Waals surface area contributed by atoms with Gasteiger partial charge in [0, 0.05) is 5.56 Å². The van der Waals surface area contributed by atoms with Crippen LogP contribution in [0.25, 0.3) is 16.8 Å². The van der Waals surface area contributed by atoms with E-state index in [1.54, 1.807) is 36.4 Å². The van der Waals surface area contributed by atoms with Crippen molar-refractivity contribution in [2.45, 2.75) is 0 Å². The lowest BCUT2D eigenvalue weighted by molar-refractivity contribution is -0.137. The largest absolute Gasteiger partial charge is 0.480 e. The van der Waals surface area contributed by atoms with E-state index in [0.717, 1.165) is 16.3 Å². The number of hydrogen-bond donors (Lipinski definition) is 3. The van der Waals surface area contributed by atoms with Gasteiger partial charge in [0.05, 0.1) is 0 Å². The minimum absolute atomic E-state index is 0.0357. The molecule has 6 heteroatoms. The minimum Gasteiger partial charge on any atom is -0.480 e. The number of carboxylic acid groups (broad SMARTS) is 1. The third kappa shape index (κ3) is 4.62. The Morgan fingerprint density at radius 3 is 2.29 bits per heavy atom. The Labute approximate surface area is 161 Å². The molecule has 0 saturated heterocycles. The maximum atomic E-state index is 12.5. The number of carboxylic acids is 1. The molecule has 6 nitrogen and oxygen atoms in total. The summed E-state index contributed by atoms with van der Waals surface area (Å²) in [5.41, 5.74) is 1.08. The van der Waals surface area contributed by atoms with Gasteiger partial charge in [-0.2, -0.15) is 0 Å². The molecule has 0 radical (unpaired) electrons. The highest BCUT2D eigenvalue weighted by Gasteiger charge is 2.15. The zero-order chi connectivity index (χ0) is 19.9. The first-order valence-corrected chi connectivity index (χ1v) is 8.60. The van der Waals surface area contributed by atoms with Crippen molar-refractivity contribution in [1.29, 1.82) is 0 Å². The van der Waals surface area contributed by atoms with Crippen LogP contribution in [0.5, 0.6) is 0 Å². The summed E-state index contributed by atoms with van der Waals surface area (Å²) in [6.07, 6.45) is 1.54. The Morgan fingerprint density at radius 2 is 1.54 bits per heavy atom. The van der Waals surface area contributed by atoms with Gasteiger partial charge in [-0.25, -0.2) is 0 Å². The first-order chi connectivity index (χ1) is 13.5. The molecule has 3 aromatic carbocycles. The van der Waals surface area contributed by atoms with Crippen LogP contribution < -0.4 is 10.6 Å². The highest BCUT2D eigenvalue weighted by atomic mass is 16.4. The molecule has 0 aliphatic carbocycles. The van der Waals surface area contributed by atoms with Crippen LogP contribution in [0.4, 0.5) is 0 Å². The molecule has 0 aliphatic heterocycles. The molecule has 0 heterocycles. The van der Waals surface area contributed by atoms with Crippen molar-refractivity contribution in [1.82, 2.24) is 10.6 Å². The van der Waals surface area contributed by atoms with Crippen LogP contribution in [0, 0.1) is 0 Å². The number of nitrogens with one attached hydrogen (secondary N) is 2. The predicted molar refractivity (Wildman–Crippen MR) is 106 cm³/mol. The minimum atomic E-state index is -1.17. The van der Waals surface area contributed by atoms with E-state index in [1.807, 2.05) is 42.5 Å². The Kier molecular flexibility index (Phi) is 5.81. The number of aliphatic carboxylic acids is 1. The van der Waals surface area contributed by atoms with E-state index in [-0.39, 0.29) is 5.70 Å². The molecular formula is C22H18N2O4. The van der Waals surface area contributed by atoms with Gasteiger partial charge < -0.3 is 15.7 Å². The molecule has 2 amide bonds. The number of fused-ring (bicyclic) bond motifs is 1. The van der Waals surface area contributed by atoms with Gasteiger partial charge in [-0.05, 0) is 34.5 Å². The lowest BCUT2D eigenvalue weighted by Crippen LogP contribution is -2.37. The third-order valence-corrected chi connectivity index (χ3v) is 4.05. The molecule has 0 aliphatic rings. The molecule has 28 heavy (non-hydrogen) atoms. The van der Waals surface area contributed by atoms with Crippen molar-refractivity contribution in [3.8, 4) is 0 Å². The van der Waals surface area contributed by atoms with Crippen LogP contribution in [-0.2, 0) is 9.59 Å². The molecule has 3 N–H and O–H groups in total. The Hall–Kier alpha value is -3.93. The van der Waals surface area contributed by atoms with Crippen molar-refractivity contribution in [2.75, 3.05) is 6.54 Å². The summed E-state index contributed by atoms with van der Waals surface area (Å²) >= 11 is 0. The molecule has 0 atom stereocenters. The summed E-state index contributed by atoms with van der Waals surface area (Å²) < 4.78 is 0. The summed E-state index contributed by atoms with van der Waals surface area (Å²) in [5.74, 6) is -2.32. The second-order valence-electron chi connectivity index (χ2n) is 6.02. The van der Waals surface area contributed by atoms with E-state index in [9.17, 15) is 14.4 Å². The molecule has 0 fully saturated rings. The molecule has 0 bridgehead atoms. The monoisotopic (exact) mass is 374 g/mol. The third-order valence-electron chi connectivity index (χ3n) is 4.05. The fraction of sp³-hybridized carbons (Fsp3) is 0.0455. The maximum Gasteiger partial charge on any atom is 0.322 e. The second-order valence-corrected chi connectivity index (χ2v) is 6.02. The maximum absolute atomic E-state index is 12.5. The lowest BCUT2D eigenvalue weighted by atomic mass is 10.0. The second kappa shape index (κ2) is 8.64. The highest BCUT2D eigenvalue weighted by Crippen LogP contribution is 2.20. The van der Waals surface area contributed by atoms with Gasteiger partial charge in [0.15, 0.2) is 0 Å². The summed E-state index contributed by atoms with van der Waals surface area (Å²) in [7, 11) is 0. The van der Waals surface area contributed by atoms with E-state index in [0.29, 0.717) is 5.56 Å². The number of rotatable bonds is 6. The van der Waals surface area contributed by atoms with Gasteiger partial charge in [-0.15, -0.1) is 0 Å². The first kappa shape index (κ1) is 18.8. The van der Waals surface area contributed by atoms with Crippen molar-refractivity contribution >= 4 is 34.6 Å². The zero-order valence-electron chi connectivity index (χ0n) is 14.9. The molecular weight excluding hydrogens is 356 g/mol. The Bertz CT molecular complexity index is 1050. The average molecular weight is 374 g/mol. The standard InChI is InChI=1S/C22H18N2O4/c25-20(26)14-23-22(28)19(24-21(27)16-8-2-1-3-9-16)13-17-11-6-10-15-7-4-5-12-18(15)17/h1-13H,14H2,(H,23,28)(H,24,27)(H,25,26). The van der Waals surface area contributed by atoms with Crippen LogP contribution in [0.15, 0.2) is 78.5 Å². The Morgan fingerprint density at radius 1 is 0.857 bits per heavy atom. The van der Waals surface area contributed by atoms with E-state index < -0.39 is 24.3 Å². The number of amides is 2. The van der Waals surface area contributed by atoms with Crippen LogP contribution in [0.3, 0.4) is 0 Å². The van der Waals surface area contributed by atoms with Crippen molar-refractivity contribution < 1.29 is 19.5 Å². The lowest BCUT2D eigenvalue weighted by Gasteiger charge is -2.11. The first-order valence-electron chi connectivity index (χ1n) is 8.60. The van der Waals surface area contributed by atoms with Crippen LogP contribution >= 0.6 is 0 Å². The van der Waals surface area contributed by atoms with Gasteiger partial charge in [0.25, 0.3) is 11.8 Å². The van der Waals surface area contributed by atoms with Gasteiger partial charge in [-0.1, -0.05) is 60.7 Å². The number of benzene rings is 3. The molecule has 0 saturated carbocycles. The summed E-state index contributed by atoms with van der Waals surface area (Å²) in [6, 6.07) is 21.7. The van der Waals surface area contributed by atoms with Crippen LogP contribution in [0.2, 0.25) is 0 Å². The van der Waals surface area contributed by atoms with E-state index in [4.69, 9.17) is 5.11 Å². The molecule has 0 unspecified atom stereocenters. The summed E-state index contributed by atoms with van der Waals surface area (Å²) in [5, 5.41) is 15.6. The summed E-state index contributed by atoms with van der Waals surface area (Å²) in [4.78, 5) is 35.8. The number of hydrogen-bond acceptors (Lipinski definition) is 3. The number of carbonyl (C=O) groups excluding carboxylic acids is 2. The molecule has 0 spiro atoms. The van der Waals surface area contributed by atoms with Gasteiger partial charge in [0.2, 0.25) is 0 Å². The topological polar surface area (TPSA) is 95.5 Å². The van der Waals surface area contributed by atoms with Crippen molar-refractivity contribution in [3.63, 3.8) is 0 Å². The number of carbonyl (C=O) groups is 3. The fourth-order valence-corrected chi connectivity index (χ4v) is 2.73. The van der Waals surface area contributed by atoms with E-state index >= 15 is 0 Å².